The van der Waals surface area contributed by atoms with Crippen LogP contribution in [-0.4, -0.2) is 37.2 Å². The number of carbonyl (C=O) groups is 2. The smallest absolute Gasteiger partial charge is 0.338 e. The molecule has 4 aliphatic rings. The molecule has 1 N–H and O–H groups in total. The van der Waals surface area contributed by atoms with Crippen molar-refractivity contribution in [2.45, 2.75) is 45.7 Å². The van der Waals surface area contributed by atoms with Gasteiger partial charge in [0.15, 0.2) is 0 Å². The van der Waals surface area contributed by atoms with E-state index in [1.54, 1.807) is 13.0 Å². The van der Waals surface area contributed by atoms with E-state index < -0.39 is 11.9 Å². The molecule has 1 heterocycles. The van der Waals surface area contributed by atoms with Gasteiger partial charge in [-0.15, -0.1) is 0 Å². The maximum atomic E-state index is 13.4. The van der Waals surface area contributed by atoms with Crippen LogP contribution in [0.25, 0.3) is 33.4 Å². The van der Waals surface area contributed by atoms with Crippen molar-refractivity contribution in [1.29, 1.82) is 0 Å². The lowest BCUT2D eigenvalue weighted by Crippen LogP contribution is -2.21. The van der Waals surface area contributed by atoms with Crippen LogP contribution in [0.15, 0.2) is 94.4 Å². The van der Waals surface area contributed by atoms with E-state index in [0.29, 0.717) is 22.9 Å². The number of anilines is 1. The van der Waals surface area contributed by atoms with Crippen LogP contribution >= 0.6 is 0 Å². The van der Waals surface area contributed by atoms with E-state index in [9.17, 15) is 9.59 Å². The first kappa shape index (κ1) is 28.2. The second-order valence-corrected chi connectivity index (χ2v) is 11.1. The summed E-state index contributed by atoms with van der Waals surface area (Å²) in [5, 5.41) is 5.37. The lowest BCUT2D eigenvalue weighted by atomic mass is 9.89. The molecule has 3 aliphatic carbocycles. The predicted octanol–water partition coefficient (Wildman–Crippen LogP) is 7.07. The van der Waals surface area contributed by atoms with E-state index in [2.05, 4.69) is 55.3 Å². The number of ether oxygens (including phenoxy) is 2. The van der Waals surface area contributed by atoms with E-state index in [1.807, 2.05) is 37.3 Å². The molecule has 0 amide bonds. The van der Waals surface area contributed by atoms with Crippen molar-refractivity contribution in [2.24, 2.45) is 4.99 Å². The third kappa shape index (κ3) is 5.75. The summed E-state index contributed by atoms with van der Waals surface area (Å²) < 4.78 is 17.2. The Labute approximate surface area is 250 Å². The third-order valence-corrected chi connectivity index (χ3v) is 7.84. The molecule has 0 saturated heterocycles. The highest BCUT2D eigenvalue weighted by atomic mass is 16.6. The molecule has 43 heavy (non-hydrogen) atoms. The minimum absolute atomic E-state index is 0.0531. The van der Waals surface area contributed by atoms with E-state index in [-0.39, 0.29) is 24.8 Å². The van der Waals surface area contributed by atoms with Gasteiger partial charge in [-0.1, -0.05) is 49.1 Å². The Kier molecular flexibility index (Phi) is 7.72. The van der Waals surface area contributed by atoms with Crippen molar-refractivity contribution < 1.29 is 23.5 Å². The minimum atomic E-state index is -0.519. The van der Waals surface area contributed by atoms with Gasteiger partial charge in [0.2, 0.25) is 0 Å². The lowest BCUT2D eigenvalue weighted by Gasteiger charge is -2.23. The summed E-state index contributed by atoms with van der Waals surface area (Å²) in [5.74, 6) is -0.339. The number of aryl methyl sites for hydroxylation is 2. The summed E-state index contributed by atoms with van der Waals surface area (Å²) in [7, 11) is 0. The molecule has 0 bridgehead atoms. The predicted molar refractivity (Wildman–Crippen MR) is 168 cm³/mol. The minimum Gasteiger partial charge on any atom is -0.459 e. The number of nitrogens with one attached hydrogen (secondary N) is 1. The zero-order chi connectivity index (χ0) is 30.1. The zero-order valence-electron chi connectivity index (χ0n) is 24.6. The van der Waals surface area contributed by atoms with Crippen LogP contribution in [-0.2, 0) is 14.3 Å². The Morgan fingerprint density at radius 2 is 1.72 bits per heavy atom. The summed E-state index contributed by atoms with van der Waals surface area (Å²) in [6.45, 7) is 9.14. The Balaban J connectivity index is 1.47. The molecule has 0 radical (unpaired) electrons. The van der Waals surface area contributed by atoms with Gasteiger partial charge in [0.1, 0.15) is 24.6 Å². The number of benzene rings is 3. The highest BCUT2D eigenvalue weighted by Crippen LogP contribution is 2.43. The molecule has 7 nitrogen and oxygen atoms in total. The molecule has 0 aromatic heterocycles. The zero-order valence-corrected chi connectivity index (χ0v) is 24.6. The summed E-state index contributed by atoms with van der Waals surface area (Å²) in [6, 6.07) is 16.1. The summed E-state index contributed by atoms with van der Waals surface area (Å²) in [4.78, 5) is 30.0. The Hall–Kier alpha value is -4.91. The molecule has 2 unspecified atom stereocenters. The average Bonchev–Trinajstić information content (AvgIpc) is 2.94. The highest BCUT2D eigenvalue weighted by Gasteiger charge is 2.24. The summed E-state index contributed by atoms with van der Waals surface area (Å²) in [6.07, 6.45) is 10.4. The summed E-state index contributed by atoms with van der Waals surface area (Å²) >= 11 is 0. The Bertz CT molecular complexity index is 1860. The van der Waals surface area contributed by atoms with E-state index >= 15 is 0 Å². The SMILES string of the molecule is C=C(C)C(=O)OCCOC(=O)c1ccccc1-c1c2cc(C)c(=NC3C=CC3)cc-2oc2cc(NC3C=CC3)c(C)cc12. The fourth-order valence-corrected chi connectivity index (χ4v) is 5.23. The summed E-state index contributed by atoms with van der Waals surface area (Å²) in [5.41, 5.74) is 6.99. The maximum Gasteiger partial charge on any atom is 0.338 e. The van der Waals surface area contributed by atoms with Crippen LogP contribution in [0.1, 0.15) is 41.3 Å². The van der Waals surface area contributed by atoms with Crippen LogP contribution < -0.4 is 10.7 Å². The standard InChI is InChI=1S/C36H34N2O5/c1-21(2)35(39)41-15-16-42-36(40)27-14-6-5-13-26(27)34-28-17-22(3)30(37-24-9-7-10-24)19-32(28)43-33-20-31(23(4)18-29(33)34)38-25-11-8-12-25/h5-9,11,13-14,17-20,24-25,37H,1,10,12,15-16H2,2-4H3. The van der Waals surface area contributed by atoms with Gasteiger partial charge in [-0.3, -0.25) is 4.99 Å². The van der Waals surface area contributed by atoms with Gasteiger partial charge in [0.25, 0.3) is 0 Å². The number of hydrogen-bond donors (Lipinski definition) is 1. The quantitative estimate of drug-likeness (QED) is 0.0756. The van der Waals surface area contributed by atoms with Crippen LogP contribution in [0.4, 0.5) is 5.69 Å². The van der Waals surface area contributed by atoms with Gasteiger partial charge in [-0.25, -0.2) is 9.59 Å². The van der Waals surface area contributed by atoms with Crippen molar-refractivity contribution in [3.8, 4) is 22.5 Å². The molecular weight excluding hydrogens is 540 g/mol. The normalized spacial score (nSPS) is 17.4. The van der Waals surface area contributed by atoms with Crippen molar-refractivity contribution >= 4 is 28.6 Å². The molecular formula is C36H34N2O5. The fraction of sp³-hybridized carbons (Fsp3) is 0.250. The van der Waals surface area contributed by atoms with Gasteiger partial charge >= 0.3 is 11.9 Å². The molecule has 6 rings (SSSR count). The third-order valence-electron chi connectivity index (χ3n) is 7.84. The van der Waals surface area contributed by atoms with Crippen molar-refractivity contribution in [3.63, 3.8) is 0 Å². The van der Waals surface area contributed by atoms with Gasteiger partial charge in [0.05, 0.1) is 17.0 Å². The molecule has 1 aliphatic heterocycles. The van der Waals surface area contributed by atoms with Gasteiger partial charge in [-0.2, -0.15) is 0 Å². The topological polar surface area (TPSA) is 90.1 Å². The Morgan fingerprint density at radius 3 is 2.42 bits per heavy atom. The molecule has 0 saturated carbocycles. The van der Waals surface area contributed by atoms with Crippen LogP contribution in [0, 0.1) is 13.8 Å². The lowest BCUT2D eigenvalue weighted by molar-refractivity contribution is -0.140. The molecule has 218 valence electrons. The number of nitrogens with zero attached hydrogens (tertiary/aromatic N) is 1. The number of hydrogen-bond acceptors (Lipinski definition) is 7. The van der Waals surface area contributed by atoms with Gasteiger partial charge < -0.3 is 19.2 Å². The monoisotopic (exact) mass is 574 g/mol. The average molecular weight is 575 g/mol. The van der Waals surface area contributed by atoms with Gasteiger partial charge in [0, 0.05) is 45.9 Å². The number of fused-ring (bicyclic) bond motifs is 2. The fourth-order valence-electron chi connectivity index (χ4n) is 5.23. The first-order chi connectivity index (χ1) is 20.8. The second-order valence-electron chi connectivity index (χ2n) is 11.1. The first-order valence-electron chi connectivity index (χ1n) is 14.5. The van der Waals surface area contributed by atoms with E-state index in [1.165, 1.54) is 0 Å². The van der Waals surface area contributed by atoms with Crippen molar-refractivity contribution in [2.75, 3.05) is 18.5 Å². The van der Waals surface area contributed by atoms with Crippen molar-refractivity contribution in [1.82, 2.24) is 0 Å². The highest BCUT2D eigenvalue weighted by molar-refractivity contribution is 6.08. The van der Waals surface area contributed by atoms with Crippen LogP contribution in [0.2, 0.25) is 0 Å². The number of esters is 2. The van der Waals surface area contributed by atoms with Gasteiger partial charge in [-0.05, 0) is 68.5 Å². The van der Waals surface area contributed by atoms with Crippen molar-refractivity contribution in [3.05, 3.63) is 107 Å². The number of rotatable bonds is 9. The van der Waals surface area contributed by atoms with E-state index in [4.69, 9.17) is 18.9 Å². The first-order valence-corrected chi connectivity index (χ1v) is 14.5. The maximum absolute atomic E-state index is 13.4. The van der Waals surface area contributed by atoms with Crippen LogP contribution in [0.5, 0.6) is 0 Å². The molecule has 0 spiro atoms. The molecule has 2 aromatic carbocycles. The molecule has 7 heteroatoms. The molecule has 2 atom stereocenters. The number of carbonyl (C=O) groups excluding carboxylic acids is 2. The van der Waals surface area contributed by atoms with Crippen LogP contribution in [0.3, 0.4) is 0 Å². The second kappa shape index (κ2) is 11.8. The largest absolute Gasteiger partial charge is 0.459 e. The van der Waals surface area contributed by atoms with E-state index in [0.717, 1.165) is 57.1 Å². The molecule has 2 aromatic rings. The molecule has 0 fully saturated rings. The Morgan fingerprint density at radius 1 is 0.977 bits per heavy atom.